The Labute approximate surface area is 166 Å². The number of rotatable bonds is 4. The van der Waals surface area contributed by atoms with Gasteiger partial charge in [0.2, 0.25) is 0 Å². The van der Waals surface area contributed by atoms with Crippen LogP contribution in [0.15, 0.2) is 35.5 Å². The molecule has 0 heterocycles. The van der Waals surface area contributed by atoms with E-state index in [4.69, 9.17) is 0 Å². The molecule has 3 fully saturated rings. The SMILES string of the molecule is C=C1[C@H](O)CC(=CC=C2CCC[C@@]3(C)C2CC[C@@H]3[C@@H](C)CC(C)C)C[C@H]1O. The highest BCUT2D eigenvalue weighted by Crippen LogP contribution is 2.60. The monoisotopic (exact) mass is 372 g/mol. The molecule has 2 heteroatoms. The van der Waals surface area contributed by atoms with E-state index in [0.717, 1.165) is 29.2 Å². The molecule has 0 aromatic heterocycles. The summed E-state index contributed by atoms with van der Waals surface area (Å²) in [6.45, 7) is 13.6. The Morgan fingerprint density at radius 1 is 1.11 bits per heavy atom. The van der Waals surface area contributed by atoms with Crippen LogP contribution < -0.4 is 0 Å². The van der Waals surface area contributed by atoms with Crippen molar-refractivity contribution in [1.29, 1.82) is 0 Å². The third-order valence-electron chi connectivity index (χ3n) is 7.87. The van der Waals surface area contributed by atoms with Crippen LogP contribution in [0.25, 0.3) is 0 Å². The van der Waals surface area contributed by atoms with Crippen molar-refractivity contribution in [2.45, 2.75) is 91.3 Å². The molecule has 0 radical (unpaired) electrons. The van der Waals surface area contributed by atoms with Crippen LogP contribution in [0.4, 0.5) is 0 Å². The van der Waals surface area contributed by atoms with Crippen LogP contribution in [-0.4, -0.2) is 22.4 Å². The van der Waals surface area contributed by atoms with Gasteiger partial charge in [0.25, 0.3) is 0 Å². The smallest absolute Gasteiger partial charge is 0.0809 e. The zero-order valence-corrected chi connectivity index (χ0v) is 17.9. The van der Waals surface area contributed by atoms with Crippen molar-refractivity contribution >= 4 is 0 Å². The van der Waals surface area contributed by atoms with Crippen molar-refractivity contribution in [2.75, 3.05) is 0 Å². The first kappa shape index (κ1) is 20.9. The first-order valence-electron chi connectivity index (χ1n) is 11.2. The minimum Gasteiger partial charge on any atom is -0.388 e. The van der Waals surface area contributed by atoms with E-state index < -0.39 is 12.2 Å². The van der Waals surface area contributed by atoms with Crippen LogP contribution in [-0.2, 0) is 0 Å². The van der Waals surface area contributed by atoms with E-state index in [1.54, 1.807) is 5.57 Å². The summed E-state index contributed by atoms with van der Waals surface area (Å²) < 4.78 is 0. The highest BCUT2D eigenvalue weighted by atomic mass is 16.3. The number of fused-ring (bicyclic) bond motifs is 1. The Morgan fingerprint density at radius 2 is 1.78 bits per heavy atom. The average molecular weight is 373 g/mol. The van der Waals surface area contributed by atoms with Crippen molar-refractivity contribution < 1.29 is 10.2 Å². The largest absolute Gasteiger partial charge is 0.388 e. The maximum Gasteiger partial charge on any atom is 0.0809 e. The molecule has 6 atom stereocenters. The van der Waals surface area contributed by atoms with Crippen LogP contribution in [0, 0.1) is 29.1 Å². The second-order valence-corrected chi connectivity index (χ2v) is 10.3. The van der Waals surface area contributed by atoms with Gasteiger partial charge in [0.15, 0.2) is 0 Å². The summed E-state index contributed by atoms with van der Waals surface area (Å²) in [5.74, 6) is 3.16. The van der Waals surface area contributed by atoms with E-state index in [2.05, 4.69) is 46.4 Å². The molecule has 0 aliphatic heterocycles. The van der Waals surface area contributed by atoms with Gasteiger partial charge in [-0.15, -0.1) is 0 Å². The summed E-state index contributed by atoms with van der Waals surface area (Å²) in [5, 5.41) is 20.2. The third kappa shape index (κ3) is 4.27. The molecule has 27 heavy (non-hydrogen) atoms. The molecule has 0 aromatic carbocycles. The molecular weight excluding hydrogens is 332 g/mol. The lowest BCUT2D eigenvalue weighted by molar-refractivity contribution is 0.0893. The van der Waals surface area contributed by atoms with Crippen LogP contribution in [0.1, 0.15) is 79.1 Å². The lowest BCUT2D eigenvalue weighted by Crippen LogP contribution is -2.36. The second-order valence-electron chi connectivity index (χ2n) is 10.3. The van der Waals surface area contributed by atoms with Crippen LogP contribution in [0.2, 0.25) is 0 Å². The number of hydrogen-bond acceptors (Lipinski definition) is 2. The summed E-state index contributed by atoms with van der Waals surface area (Å²) in [5.41, 5.74) is 3.80. The molecule has 0 bridgehead atoms. The third-order valence-corrected chi connectivity index (χ3v) is 7.87. The summed E-state index contributed by atoms with van der Waals surface area (Å²) in [6.07, 6.45) is 12.5. The summed E-state index contributed by atoms with van der Waals surface area (Å²) in [7, 11) is 0. The maximum absolute atomic E-state index is 10.1. The lowest BCUT2D eigenvalue weighted by atomic mass is 9.60. The molecule has 3 saturated carbocycles. The first-order valence-corrected chi connectivity index (χ1v) is 11.2. The van der Waals surface area contributed by atoms with Gasteiger partial charge in [0.1, 0.15) is 0 Å². The summed E-state index contributed by atoms with van der Waals surface area (Å²) in [4.78, 5) is 0. The molecule has 2 nitrogen and oxygen atoms in total. The molecule has 3 aliphatic carbocycles. The van der Waals surface area contributed by atoms with Crippen LogP contribution >= 0.6 is 0 Å². The number of allylic oxidation sites excluding steroid dienone is 3. The first-order chi connectivity index (χ1) is 12.7. The fraction of sp³-hybridized carbons (Fsp3) is 0.760. The van der Waals surface area contributed by atoms with Gasteiger partial charge < -0.3 is 10.2 Å². The van der Waals surface area contributed by atoms with E-state index in [0.29, 0.717) is 23.8 Å². The average Bonchev–Trinajstić information content (AvgIpc) is 2.94. The van der Waals surface area contributed by atoms with Gasteiger partial charge in [-0.2, -0.15) is 0 Å². The van der Waals surface area contributed by atoms with Crippen LogP contribution in [0.5, 0.6) is 0 Å². The van der Waals surface area contributed by atoms with Gasteiger partial charge in [0, 0.05) is 0 Å². The van der Waals surface area contributed by atoms with Crippen molar-refractivity contribution in [1.82, 2.24) is 0 Å². The van der Waals surface area contributed by atoms with E-state index in [9.17, 15) is 10.2 Å². The van der Waals surface area contributed by atoms with E-state index >= 15 is 0 Å². The number of hydrogen-bond donors (Lipinski definition) is 2. The summed E-state index contributed by atoms with van der Waals surface area (Å²) >= 11 is 0. The zero-order chi connectivity index (χ0) is 19.8. The Morgan fingerprint density at radius 3 is 2.41 bits per heavy atom. The minimum absolute atomic E-state index is 0.455. The highest BCUT2D eigenvalue weighted by Gasteiger charge is 2.50. The van der Waals surface area contributed by atoms with Crippen molar-refractivity contribution in [3.05, 3.63) is 35.5 Å². The number of aliphatic hydroxyl groups excluding tert-OH is 2. The number of aliphatic hydroxyl groups is 2. The van der Waals surface area contributed by atoms with Gasteiger partial charge in [-0.25, -0.2) is 0 Å². The van der Waals surface area contributed by atoms with Gasteiger partial charge in [-0.3, -0.25) is 0 Å². The Bertz CT molecular complexity index is 598. The van der Waals surface area contributed by atoms with Gasteiger partial charge >= 0.3 is 0 Å². The van der Waals surface area contributed by atoms with Crippen LogP contribution in [0.3, 0.4) is 0 Å². The Balaban J connectivity index is 1.76. The molecule has 1 unspecified atom stereocenters. The fourth-order valence-electron chi connectivity index (χ4n) is 6.55. The van der Waals surface area contributed by atoms with Crippen molar-refractivity contribution in [3.63, 3.8) is 0 Å². The Hall–Kier alpha value is -0.860. The highest BCUT2D eigenvalue weighted by molar-refractivity contribution is 5.29. The molecule has 0 amide bonds. The minimum atomic E-state index is -0.595. The molecule has 0 saturated heterocycles. The molecule has 3 aliphatic rings. The lowest BCUT2D eigenvalue weighted by Gasteiger charge is -2.44. The maximum atomic E-state index is 10.1. The molecule has 0 spiro atoms. The van der Waals surface area contributed by atoms with E-state index in [1.807, 2.05) is 0 Å². The standard InChI is InChI=1S/C25H40O2/c1-16(2)13-17(3)21-10-11-22-20(7-6-12-25(21,22)5)9-8-19-14-23(26)18(4)24(27)15-19/h8-9,16-17,21-24,26-27H,4,6-7,10-15H2,1-3,5H3/t17-,21+,22?,23+,24+,25+/m0/s1. The molecule has 0 aromatic rings. The van der Waals surface area contributed by atoms with Gasteiger partial charge in [0.05, 0.1) is 12.2 Å². The molecule has 2 N–H and O–H groups in total. The van der Waals surface area contributed by atoms with Gasteiger partial charge in [-0.05, 0) is 86.0 Å². The molecule has 3 rings (SSSR count). The predicted molar refractivity (Wildman–Crippen MR) is 113 cm³/mol. The quantitative estimate of drug-likeness (QED) is 0.611. The van der Waals surface area contributed by atoms with Crippen molar-refractivity contribution in [2.24, 2.45) is 29.1 Å². The van der Waals surface area contributed by atoms with E-state index in [-0.39, 0.29) is 0 Å². The molecular formula is C25H40O2. The van der Waals surface area contributed by atoms with E-state index in [1.165, 1.54) is 38.5 Å². The Kier molecular flexibility index (Phi) is 6.37. The normalized spacial score (nSPS) is 39.7. The predicted octanol–water partition coefficient (Wildman–Crippen LogP) is 5.81. The second kappa shape index (κ2) is 8.25. The zero-order valence-electron chi connectivity index (χ0n) is 17.9. The van der Waals surface area contributed by atoms with Crippen molar-refractivity contribution in [3.8, 4) is 0 Å². The van der Waals surface area contributed by atoms with Gasteiger partial charge in [-0.1, -0.05) is 57.6 Å². The summed E-state index contributed by atoms with van der Waals surface area (Å²) in [6, 6.07) is 0. The molecule has 152 valence electrons. The topological polar surface area (TPSA) is 40.5 Å². The fourth-order valence-corrected chi connectivity index (χ4v) is 6.55.